The summed E-state index contributed by atoms with van der Waals surface area (Å²) < 4.78 is 0. The van der Waals surface area contributed by atoms with E-state index in [2.05, 4.69) is 44.8 Å². The average Bonchev–Trinajstić information content (AvgIpc) is 3.08. The number of aryl methyl sites for hydroxylation is 2. The summed E-state index contributed by atoms with van der Waals surface area (Å²) >= 11 is 1.76. The number of rotatable bonds is 3. The highest BCUT2D eigenvalue weighted by molar-refractivity contribution is 7.15. The van der Waals surface area contributed by atoms with Gasteiger partial charge in [-0.2, -0.15) is 0 Å². The Labute approximate surface area is 129 Å². The van der Waals surface area contributed by atoms with Crippen LogP contribution in [0.5, 0.6) is 0 Å². The third kappa shape index (κ3) is 2.62. The Bertz CT molecular complexity index is 671. The zero-order valence-corrected chi connectivity index (χ0v) is 13.8. The predicted octanol–water partition coefficient (Wildman–Crippen LogP) is 3.48. The maximum Gasteiger partial charge on any atom is 0.223 e. The van der Waals surface area contributed by atoms with E-state index in [0.717, 1.165) is 23.8 Å². The number of carbonyl (C=O) groups is 1. The van der Waals surface area contributed by atoms with E-state index in [1.54, 1.807) is 11.3 Å². The van der Waals surface area contributed by atoms with Gasteiger partial charge in [-0.05, 0) is 39.8 Å². The zero-order valence-electron chi connectivity index (χ0n) is 12.9. The molecule has 1 saturated heterocycles. The van der Waals surface area contributed by atoms with Gasteiger partial charge < -0.3 is 9.88 Å². The Morgan fingerprint density at radius 2 is 2.14 bits per heavy atom. The molecule has 1 N–H and O–H groups in total. The molecule has 3 rings (SSSR count). The van der Waals surface area contributed by atoms with Gasteiger partial charge in [0, 0.05) is 35.5 Å². The van der Waals surface area contributed by atoms with Crippen LogP contribution in [0.4, 0.5) is 0 Å². The van der Waals surface area contributed by atoms with Crippen LogP contribution in [0, 0.1) is 13.8 Å². The van der Waals surface area contributed by atoms with Gasteiger partial charge in [-0.3, -0.25) is 4.79 Å². The van der Waals surface area contributed by atoms with E-state index in [-0.39, 0.29) is 17.9 Å². The summed E-state index contributed by atoms with van der Waals surface area (Å²) in [6.45, 7) is 9.05. The number of aromatic amines is 1. The van der Waals surface area contributed by atoms with Gasteiger partial charge in [0.15, 0.2) is 0 Å². The van der Waals surface area contributed by atoms with Crippen molar-refractivity contribution in [3.8, 4) is 10.6 Å². The molecule has 3 heterocycles. The van der Waals surface area contributed by atoms with Crippen LogP contribution in [0.2, 0.25) is 0 Å². The number of imidazole rings is 1. The molecule has 1 aliphatic rings. The van der Waals surface area contributed by atoms with Gasteiger partial charge in [0.25, 0.3) is 0 Å². The van der Waals surface area contributed by atoms with Crippen LogP contribution in [0.15, 0.2) is 12.1 Å². The lowest BCUT2D eigenvalue weighted by Gasteiger charge is -2.20. The Morgan fingerprint density at radius 1 is 1.38 bits per heavy atom. The lowest BCUT2D eigenvalue weighted by atomic mass is 10.1. The maximum atomic E-state index is 12.1. The van der Waals surface area contributed by atoms with E-state index in [1.807, 2.05) is 4.90 Å². The zero-order chi connectivity index (χ0) is 15.1. The fourth-order valence-corrected chi connectivity index (χ4v) is 3.81. The Hall–Kier alpha value is -1.62. The second kappa shape index (κ2) is 5.30. The van der Waals surface area contributed by atoms with Crippen molar-refractivity contribution in [3.05, 3.63) is 28.5 Å². The van der Waals surface area contributed by atoms with E-state index in [1.165, 1.54) is 9.75 Å². The number of carbonyl (C=O) groups excluding carboxylic acids is 1. The predicted molar refractivity (Wildman–Crippen MR) is 85.6 cm³/mol. The summed E-state index contributed by atoms with van der Waals surface area (Å²) in [5.41, 5.74) is 2.11. The van der Waals surface area contributed by atoms with Crippen LogP contribution < -0.4 is 0 Å². The van der Waals surface area contributed by atoms with Gasteiger partial charge in [-0.15, -0.1) is 11.3 Å². The number of amides is 1. The molecule has 0 unspecified atom stereocenters. The van der Waals surface area contributed by atoms with Crippen LogP contribution in [-0.4, -0.2) is 33.4 Å². The number of H-pyrrole nitrogens is 1. The van der Waals surface area contributed by atoms with Gasteiger partial charge in [-0.25, -0.2) is 4.98 Å². The standard InChI is InChI=1S/C16H21N3OS/c1-9(2)19-8-12(7-14(19)20)16-17-11(4)15(18-16)13-6-5-10(3)21-13/h5-6,9,12H,7-8H2,1-4H3,(H,17,18)/t12-/m1/s1. The quantitative estimate of drug-likeness (QED) is 0.943. The van der Waals surface area contributed by atoms with Crippen molar-refractivity contribution in [2.24, 2.45) is 0 Å². The summed E-state index contributed by atoms with van der Waals surface area (Å²) in [6.07, 6.45) is 0.564. The second-order valence-electron chi connectivity index (χ2n) is 6.05. The van der Waals surface area contributed by atoms with Crippen LogP contribution in [-0.2, 0) is 4.79 Å². The molecule has 4 nitrogen and oxygen atoms in total. The molecular formula is C16H21N3OS. The maximum absolute atomic E-state index is 12.1. The molecular weight excluding hydrogens is 282 g/mol. The Kier molecular flexibility index (Phi) is 3.61. The number of nitrogens with zero attached hydrogens (tertiary/aromatic N) is 2. The van der Waals surface area contributed by atoms with Gasteiger partial charge in [-0.1, -0.05) is 0 Å². The molecule has 0 aromatic carbocycles. The van der Waals surface area contributed by atoms with Crippen molar-refractivity contribution >= 4 is 17.2 Å². The molecule has 112 valence electrons. The fourth-order valence-electron chi connectivity index (χ4n) is 2.89. The lowest BCUT2D eigenvalue weighted by Crippen LogP contribution is -2.31. The van der Waals surface area contributed by atoms with E-state index < -0.39 is 0 Å². The molecule has 1 aliphatic heterocycles. The second-order valence-corrected chi connectivity index (χ2v) is 7.33. The molecule has 0 aliphatic carbocycles. The molecule has 0 saturated carbocycles. The van der Waals surface area contributed by atoms with Crippen molar-refractivity contribution in [3.63, 3.8) is 0 Å². The SMILES string of the molecule is Cc1ccc(-c2nc([C@@H]3CC(=O)N(C(C)C)C3)[nH]c2C)s1. The number of hydrogen-bond acceptors (Lipinski definition) is 3. The van der Waals surface area contributed by atoms with Gasteiger partial charge in [0.1, 0.15) is 11.5 Å². The van der Waals surface area contributed by atoms with Gasteiger partial charge in [0.2, 0.25) is 5.91 Å². The molecule has 21 heavy (non-hydrogen) atoms. The molecule has 1 atom stereocenters. The molecule has 5 heteroatoms. The van der Waals surface area contributed by atoms with Gasteiger partial charge >= 0.3 is 0 Å². The highest BCUT2D eigenvalue weighted by Gasteiger charge is 2.34. The normalized spacial score (nSPS) is 19.0. The molecule has 1 amide bonds. The molecule has 0 radical (unpaired) electrons. The van der Waals surface area contributed by atoms with E-state index in [4.69, 9.17) is 4.98 Å². The minimum atomic E-state index is 0.188. The molecule has 0 bridgehead atoms. The Morgan fingerprint density at radius 3 is 2.71 bits per heavy atom. The number of aromatic nitrogens is 2. The van der Waals surface area contributed by atoms with E-state index in [0.29, 0.717) is 6.42 Å². The summed E-state index contributed by atoms with van der Waals surface area (Å²) in [5.74, 6) is 1.37. The highest BCUT2D eigenvalue weighted by Crippen LogP contribution is 2.33. The van der Waals surface area contributed by atoms with Gasteiger partial charge in [0.05, 0.1) is 4.88 Å². The summed E-state index contributed by atoms with van der Waals surface area (Å²) in [5, 5.41) is 0. The first kappa shape index (κ1) is 14.3. The van der Waals surface area contributed by atoms with Crippen molar-refractivity contribution in [2.75, 3.05) is 6.54 Å². The smallest absolute Gasteiger partial charge is 0.223 e. The third-order valence-corrected chi connectivity index (χ3v) is 5.05. The van der Waals surface area contributed by atoms with E-state index in [9.17, 15) is 4.79 Å². The largest absolute Gasteiger partial charge is 0.345 e. The van der Waals surface area contributed by atoms with Crippen molar-refractivity contribution in [2.45, 2.75) is 46.1 Å². The Balaban J connectivity index is 1.87. The van der Waals surface area contributed by atoms with Crippen LogP contribution >= 0.6 is 11.3 Å². The van der Waals surface area contributed by atoms with Crippen molar-refractivity contribution in [1.29, 1.82) is 0 Å². The van der Waals surface area contributed by atoms with Crippen LogP contribution in [0.3, 0.4) is 0 Å². The number of thiophene rings is 1. The summed E-state index contributed by atoms with van der Waals surface area (Å²) in [4.78, 5) is 24.6. The fraction of sp³-hybridized carbons (Fsp3) is 0.500. The molecule has 0 spiro atoms. The first-order valence-electron chi connectivity index (χ1n) is 7.38. The third-order valence-electron chi connectivity index (χ3n) is 4.05. The monoisotopic (exact) mass is 303 g/mol. The molecule has 2 aromatic heterocycles. The summed E-state index contributed by atoms with van der Waals surface area (Å²) in [6, 6.07) is 4.50. The lowest BCUT2D eigenvalue weighted by molar-refractivity contribution is -0.129. The number of likely N-dealkylation sites (tertiary alicyclic amines) is 1. The van der Waals surface area contributed by atoms with Crippen molar-refractivity contribution in [1.82, 2.24) is 14.9 Å². The summed E-state index contributed by atoms with van der Waals surface area (Å²) in [7, 11) is 0. The van der Waals surface area contributed by atoms with Crippen molar-refractivity contribution < 1.29 is 4.79 Å². The van der Waals surface area contributed by atoms with E-state index >= 15 is 0 Å². The topological polar surface area (TPSA) is 49.0 Å². The molecule has 1 fully saturated rings. The first-order chi connectivity index (χ1) is 9.95. The first-order valence-corrected chi connectivity index (χ1v) is 8.20. The number of hydrogen-bond donors (Lipinski definition) is 1. The van der Waals surface area contributed by atoms with Crippen LogP contribution in [0.25, 0.3) is 10.6 Å². The highest BCUT2D eigenvalue weighted by atomic mass is 32.1. The van der Waals surface area contributed by atoms with Crippen LogP contribution in [0.1, 0.15) is 42.6 Å². The minimum absolute atomic E-state index is 0.188. The minimum Gasteiger partial charge on any atom is -0.345 e. The number of nitrogens with one attached hydrogen (secondary N) is 1. The average molecular weight is 303 g/mol. The molecule has 2 aromatic rings.